The molecule has 0 saturated heterocycles. The third-order valence-corrected chi connectivity index (χ3v) is 4.85. The molecule has 0 atom stereocenters. The first-order chi connectivity index (χ1) is 13.7. The van der Waals surface area contributed by atoms with Gasteiger partial charge in [0, 0.05) is 18.5 Å². The lowest BCUT2D eigenvalue weighted by Crippen LogP contribution is -2.25. The van der Waals surface area contributed by atoms with E-state index in [9.17, 15) is 4.79 Å². The Balaban J connectivity index is 1.33. The van der Waals surface area contributed by atoms with Crippen molar-refractivity contribution in [2.24, 2.45) is 0 Å². The van der Waals surface area contributed by atoms with E-state index in [4.69, 9.17) is 9.47 Å². The van der Waals surface area contributed by atoms with E-state index in [1.165, 1.54) is 16.9 Å². The molecule has 0 aliphatic rings. The van der Waals surface area contributed by atoms with Gasteiger partial charge in [0.25, 0.3) is 5.91 Å². The van der Waals surface area contributed by atoms with Crippen LogP contribution in [0.25, 0.3) is 0 Å². The average Bonchev–Trinajstić information content (AvgIpc) is 3.20. The van der Waals surface area contributed by atoms with Crippen molar-refractivity contribution in [1.29, 1.82) is 0 Å². The van der Waals surface area contributed by atoms with Crippen molar-refractivity contribution in [3.63, 3.8) is 0 Å². The fourth-order valence-corrected chi connectivity index (χ4v) is 3.18. The molecule has 3 rings (SSSR count). The summed E-state index contributed by atoms with van der Waals surface area (Å²) in [4.78, 5) is 16.5. The molecule has 2 aromatic carbocycles. The van der Waals surface area contributed by atoms with Gasteiger partial charge < -0.3 is 14.8 Å². The van der Waals surface area contributed by atoms with Crippen molar-refractivity contribution in [2.75, 3.05) is 13.2 Å². The largest absolute Gasteiger partial charge is 0.486 e. The number of nitrogens with one attached hydrogen (secondary N) is 1. The van der Waals surface area contributed by atoms with Crippen LogP contribution < -0.4 is 10.1 Å². The normalized spacial score (nSPS) is 10.6. The van der Waals surface area contributed by atoms with Crippen LogP contribution in [0.4, 0.5) is 0 Å². The Morgan fingerprint density at radius 1 is 1.07 bits per heavy atom. The summed E-state index contributed by atoms with van der Waals surface area (Å²) < 4.78 is 11.3. The first-order valence-electron chi connectivity index (χ1n) is 9.24. The topological polar surface area (TPSA) is 60.5 Å². The van der Waals surface area contributed by atoms with Gasteiger partial charge in [-0.25, -0.2) is 4.98 Å². The van der Waals surface area contributed by atoms with Crippen LogP contribution in [0.15, 0.2) is 60.0 Å². The molecule has 0 radical (unpaired) electrons. The summed E-state index contributed by atoms with van der Waals surface area (Å²) in [6.45, 7) is 4.13. The molecule has 3 aromatic rings. The molecule has 0 bridgehead atoms. The number of amides is 1. The van der Waals surface area contributed by atoms with Crippen LogP contribution in [0.2, 0.25) is 0 Å². The molecular weight excluding hydrogens is 372 g/mol. The lowest BCUT2D eigenvalue weighted by molar-refractivity contribution is 0.0930. The predicted molar refractivity (Wildman–Crippen MR) is 111 cm³/mol. The minimum atomic E-state index is -0.166. The molecule has 0 aliphatic carbocycles. The summed E-state index contributed by atoms with van der Waals surface area (Å²) in [5, 5.41) is 5.41. The third kappa shape index (κ3) is 6.48. The molecule has 1 heterocycles. The summed E-state index contributed by atoms with van der Waals surface area (Å²) in [7, 11) is 0. The maximum atomic E-state index is 12.2. The van der Waals surface area contributed by atoms with Gasteiger partial charge in [-0.1, -0.05) is 48.0 Å². The van der Waals surface area contributed by atoms with Gasteiger partial charge in [-0.3, -0.25) is 4.79 Å². The first kappa shape index (κ1) is 20.0. The summed E-state index contributed by atoms with van der Waals surface area (Å²) in [5.41, 5.74) is 2.76. The molecule has 0 saturated carbocycles. The Morgan fingerprint density at radius 3 is 2.64 bits per heavy atom. The number of thiazole rings is 1. The Morgan fingerprint density at radius 2 is 1.86 bits per heavy atom. The molecule has 6 heteroatoms. The van der Waals surface area contributed by atoms with Gasteiger partial charge in [-0.05, 0) is 31.0 Å². The van der Waals surface area contributed by atoms with Crippen molar-refractivity contribution in [1.82, 2.24) is 10.3 Å². The SMILES string of the molecule is Cc1ccc(OCc2nc(C(=O)NCCCOCc3ccccc3)cs2)cc1. The molecule has 5 nitrogen and oxygen atoms in total. The van der Waals surface area contributed by atoms with E-state index in [0.717, 1.165) is 22.7 Å². The van der Waals surface area contributed by atoms with E-state index in [1.807, 2.05) is 61.5 Å². The van der Waals surface area contributed by atoms with Gasteiger partial charge in [-0.15, -0.1) is 11.3 Å². The Kier molecular flexibility index (Phi) is 7.58. The highest BCUT2D eigenvalue weighted by molar-refractivity contribution is 7.09. The second-order valence-electron chi connectivity index (χ2n) is 6.38. The number of hydrogen-bond acceptors (Lipinski definition) is 5. The van der Waals surface area contributed by atoms with E-state index in [0.29, 0.717) is 32.1 Å². The van der Waals surface area contributed by atoms with Crippen LogP contribution in [-0.4, -0.2) is 24.0 Å². The molecule has 0 fully saturated rings. The number of carbonyl (C=O) groups excluding carboxylic acids is 1. The summed E-state index contributed by atoms with van der Waals surface area (Å²) in [6, 6.07) is 17.9. The van der Waals surface area contributed by atoms with Crippen molar-refractivity contribution in [3.8, 4) is 5.75 Å². The molecule has 1 amide bonds. The van der Waals surface area contributed by atoms with E-state index >= 15 is 0 Å². The molecule has 0 unspecified atom stereocenters. The number of rotatable bonds is 10. The zero-order valence-electron chi connectivity index (χ0n) is 15.9. The number of nitrogens with zero attached hydrogens (tertiary/aromatic N) is 1. The highest BCUT2D eigenvalue weighted by atomic mass is 32.1. The summed E-state index contributed by atoms with van der Waals surface area (Å²) in [5.74, 6) is 0.628. The van der Waals surface area contributed by atoms with E-state index < -0.39 is 0 Å². The standard InChI is InChI=1S/C22H24N2O3S/c1-17-8-10-19(11-9-17)27-15-21-24-20(16-28-21)22(25)23-12-5-13-26-14-18-6-3-2-4-7-18/h2-4,6-11,16H,5,12-15H2,1H3,(H,23,25). The highest BCUT2D eigenvalue weighted by Crippen LogP contribution is 2.16. The van der Waals surface area contributed by atoms with Gasteiger partial charge in [0.15, 0.2) is 0 Å². The quantitative estimate of drug-likeness (QED) is 0.517. The van der Waals surface area contributed by atoms with Crippen LogP contribution in [0.5, 0.6) is 5.75 Å². The van der Waals surface area contributed by atoms with Crippen molar-refractivity contribution < 1.29 is 14.3 Å². The molecule has 0 aliphatic heterocycles. The average molecular weight is 397 g/mol. The van der Waals surface area contributed by atoms with Crippen molar-refractivity contribution in [2.45, 2.75) is 26.6 Å². The van der Waals surface area contributed by atoms with Gasteiger partial charge >= 0.3 is 0 Å². The second-order valence-corrected chi connectivity index (χ2v) is 7.32. The number of carbonyl (C=O) groups is 1. The van der Waals surface area contributed by atoms with Crippen LogP contribution in [0.1, 0.15) is 33.0 Å². The lowest BCUT2D eigenvalue weighted by atomic mass is 10.2. The van der Waals surface area contributed by atoms with Gasteiger partial charge in [-0.2, -0.15) is 0 Å². The minimum Gasteiger partial charge on any atom is -0.486 e. The maximum Gasteiger partial charge on any atom is 0.270 e. The number of hydrogen-bond donors (Lipinski definition) is 1. The maximum absolute atomic E-state index is 12.2. The zero-order valence-corrected chi connectivity index (χ0v) is 16.7. The van der Waals surface area contributed by atoms with Crippen molar-refractivity contribution >= 4 is 17.2 Å². The molecule has 1 N–H and O–H groups in total. The van der Waals surface area contributed by atoms with Crippen LogP contribution >= 0.6 is 11.3 Å². The molecule has 146 valence electrons. The van der Waals surface area contributed by atoms with E-state index in [-0.39, 0.29) is 5.91 Å². The summed E-state index contributed by atoms with van der Waals surface area (Å²) >= 11 is 1.42. The predicted octanol–water partition coefficient (Wildman–Crippen LogP) is 4.37. The molecular formula is C22H24N2O3S. The minimum absolute atomic E-state index is 0.166. The van der Waals surface area contributed by atoms with Crippen LogP contribution in [0.3, 0.4) is 0 Å². The van der Waals surface area contributed by atoms with Gasteiger partial charge in [0.05, 0.1) is 6.61 Å². The highest BCUT2D eigenvalue weighted by Gasteiger charge is 2.10. The third-order valence-electron chi connectivity index (χ3n) is 4.03. The zero-order chi connectivity index (χ0) is 19.6. The lowest BCUT2D eigenvalue weighted by Gasteiger charge is -2.05. The smallest absolute Gasteiger partial charge is 0.270 e. The fourth-order valence-electron chi connectivity index (χ4n) is 2.49. The van der Waals surface area contributed by atoms with Crippen LogP contribution in [0, 0.1) is 6.92 Å². The molecule has 0 spiro atoms. The Hall–Kier alpha value is -2.70. The Labute approximate surface area is 169 Å². The van der Waals surface area contributed by atoms with Crippen LogP contribution in [-0.2, 0) is 18.0 Å². The van der Waals surface area contributed by atoms with Crippen molar-refractivity contribution in [3.05, 3.63) is 81.8 Å². The first-order valence-corrected chi connectivity index (χ1v) is 10.1. The number of aryl methyl sites for hydroxylation is 1. The monoisotopic (exact) mass is 396 g/mol. The summed E-state index contributed by atoms with van der Waals surface area (Å²) in [6.07, 6.45) is 0.756. The molecule has 1 aromatic heterocycles. The van der Waals surface area contributed by atoms with Gasteiger partial charge in [0.2, 0.25) is 0 Å². The van der Waals surface area contributed by atoms with E-state index in [1.54, 1.807) is 5.38 Å². The number of benzene rings is 2. The molecule has 28 heavy (non-hydrogen) atoms. The van der Waals surface area contributed by atoms with E-state index in [2.05, 4.69) is 10.3 Å². The number of aromatic nitrogens is 1. The number of ether oxygens (including phenoxy) is 2. The van der Waals surface area contributed by atoms with Gasteiger partial charge in [0.1, 0.15) is 23.1 Å². The Bertz CT molecular complexity index is 863. The fraction of sp³-hybridized carbons (Fsp3) is 0.273. The second kappa shape index (κ2) is 10.6.